The second-order valence-corrected chi connectivity index (χ2v) is 6.60. The third-order valence-electron chi connectivity index (χ3n) is 4.60. The number of carbonyl (C=O) groups is 2. The van der Waals surface area contributed by atoms with E-state index in [1.807, 2.05) is 32.0 Å². The van der Waals surface area contributed by atoms with E-state index in [4.69, 9.17) is 10.00 Å². The summed E-state index contributed by atoms with van der Waals surface area (Å²) in [5.41, 5.74) is 3.90. The summed E-state index contributed by atoms with van der Waals surface area (Å²) >= 11 is 0. The molecule has 29 heavy (non-hydrogen) atoms. The summed E-state index contributed by atoms with van der Waals surface area (Å²) in [4.78, 5) is 25.8. The Bertz CT molecular complexity index is 1100. The van der Waals surface area contributed by atoms with E-state index in [0.717, 1.165) is 11.1 Å². The second kappa shape index (κ2) is 8.85. The number of rotatable bonds is 6. The zero-order chi connectivity index (χ0) is 20.8. The molecule has 3 aromatic carbocycles. The van der Waals surface area contributed by atoms with E-state index in [1.54, 1.807) is 54.6 Å². The molecule has 0 spiro atoms. The van der Waals surface area contributed by atoms with Crippen molar-refractivity contribution in [3.8, 4) is 11.8 Å². The summed E-state index contributed by atoms with van der Waals surface area (Å²) in [5.74, 6) is -0.0301. The minimum Gasteiger partial charge on any atom is -0.479 e. The minimum absolute atomic E-state index is 0.0420. The molecule has 0 aliphatic heterocycles. The SMILES string of the molecule is Cc1ccc(C(=O)c2ccccc2C(=O)Nc2ccc(OCC#N)cc2)cc1C. The van der Waals surface area contributed by atoms with E-state index < -0.39 is 0 Å². The summed E-state index contributed by atoms with van der Waals surface area (Å²) in [6, 6.07) is 20.9. The Kier molecular flexibility index (Phi) is 6.06. The van der Waals surface area contributed by atoms with Crippen molar-refractivity contribution >= 4 is 17.4 Å². The van der Waals surface area contributed by atoms with Gasteiger partial charge in [0.2, 0.25) is 0 Å². The highest BCUT2D eigenvalue weighted by Gasteiger charge is 2.18. The van der Waals surface area contributed by atoms with Crippen LogP contribution in [0.4, 0.5) is 5.69 Å². The molecule has 0 heterocycles. The van der Waals surface area contributed by atoms with Crippen molar-refractivity contribution in [2.24, 2.45) is 0 Å². The molecule has 0 aliphatic rings. The number of anilines is 1. The first-order valence-electron chi connectivity index (χ1n) is 9.11. The van der Waals surface area contributed by atoms with Crippen molar-refractivity contribution in [3.05, 3.63) is 94.5 Å². The Balaban J connectivity index is 1.82. The number of hydrogen-bond acceptors (Lipinski definition) is 4. The van der Waals surface area contributed by atoms with Crippen LogP contribution >= 0.6 is 0 Å². The van der Waals surface area contributed by atoms with Crippen molar-refractivity contribution in [2.75, 3.05) is 11.9 Å². The number of nitrogens with one attached hydrogen (secondary N) is 1. The molecule has 3 rings (SSSR count). The number of carbonyl (C=O) groups excluding carboxylic acids is 2. The minimum atomic E-state index is -0.372. The van der Waals surface area contributed by atoms with Gasteiger partial charge in [0.05, 0.1) is 5.56 Å². The number of ether oxygens (including phenoxy) is 1. The Morgan fingerprint density at radius 1 is 0.931 bits per heavy atom. The molecule has 0 bridgehead atoms. The van der Waals surface area contributed by atoms with Gasteiger partial charge >= 0.3 is 0 Å². The van der Waals surface area contributed by atoms with Crippen LogP contribution in [0.1, 0.15) is 37.4 Å². The van der Waals surface area contributed by atoms with Gasteiger partial charge < -0.3 is 10.1 Å². The first-order chi connectivity index (χ1) is 14.0. The average Bonchev–Trinajstić information content (AvgIpc) is 2.74. The molecule has 0 aromatic heterocycles. The smallest absolute Gasteiger partial charge is 0.256 e. The topological polar surface area (TPSA) is 79.2 Å². The number of benzene rings is 3. The Hall–Kier alpha value is -3.91. The van der Waals surface area contributed by atoms with Crippen LogP contribution < -0.4 is 10.1 Å². The van der Waals surface area contributed by atoms with E-state index in [9.17, 15) is 9.59 Å². The molecule has 0 unspecified atom stereocenters. The lowest BCUT2D eigenvalue weighted by Gasteiger charge is -2.11. The lowest BCUT2D eigenvalue weighted by molar-refractivity contribution is 0.0996. The lowest BCUT2D eigenvalue weighted by Crippen LogP contribution is -2.17. The number of amides is 1. The maximum atomic E-state index is 13.0. The zero-order valence-corrected chi connectivity index (χ0v) is 16.2. The summed E-state index contributed by atoms with van der Waals surface area (Å²) < 4.78 is 5.20. The fourth-order valence-electron chi connectivity index (χ4n) is 2.87. The van der Waals surface area contributed by atoms with Gasteiger partial charge in [-0.1, -0.05) is 30.3 Å². The quantitative estimate of drug-likeness (QED) is 0.625. The molecular weight excluding hydrogens is 364 g/mol. The molecule has 5 heteroatoms. The number of ketones is 1. The Morgan fingerprint density at radius 2 is 1.62 bits per heavy atom. The highest BCUT2D eigenvalue weighted by molar-refractivity contribution is 6.17. The highest BCUT2D eigenvalue weighted by Crippen LogP contribution is 2.20. The van der Waals surface area contributed by atoms with Gasteiger partial charge in [-0.2, -0.15) is 5.26 Å². The van der Waals surface area contributed by atoms with Gasteiger partial charge in [0.15, 0.2) is 12.4 Å². The Morgan fingerprint density at radius 3 is 2.28 bits per heavy atom. The van der Waals surface area contributed by atoms with Crippen molar-refractivity contribution < 1.29 is 14.3 Å². The predicted molar refractivity (Wildman–Crippen MR) is 111 cm³/mol. The molecule has 0 aliphatic carbocycles. The maximum Gasteiger partial charge on any atom is 0.256 e. The number of hydrogen-bond donors (Lipinski definition) is 1. The standard InChI is InChI=1S/C24H20N2O3/c1-16-7-8-18(15-17(16)2)23(27)21-5-3-4-6-22(21)24(28)26-19-9-11-20(12-10-19)29-14-13-25/h3-12,15H,14H2,1-2H3,(H,26,28). The van der Waals surface area contributed by atoms with Crippen LogP contribution in [0.3, 0.4) is 0 Å². The van der Waals surface area contributed by atoms with Gasteiger partial charge in [0.25, 0.3) is 5.91 Å². The third-order valence-corrected chi connectivity index (χ3v) is 4.60. The van der Waals surface area contributed by atoms with Crippen molar-refractivity contribution in [1.29, 1.82) is 5.26 Å². The molecule has 0 radical (unpaired) electrons. The van der Waals surface area contributed by atoms with Crippen molar-refractivity contribution in [3.63, 3.8) is 0 Å². The molecule has 1 N–H and O–H groups in total. The molecular formula is C24H20N2O3. The first kappa shape index (κ1) is 19.8. The van der Waals surface area contributed by atoms with Crippen LogP contribution in [0.15, 0.2) is 66.7 Å². The predicted octanol–water partition coefficient (Wildman–Crippen LogP) is 4.69. The molecule has 5 nitrogen and oxygen atoms in total. The summed E-state index contributed by atoms with van der Waals surface area (Å²) in [6.07, 6.45) is 0. The van der Waals surface area contributed by atoms with Gasteiger partial charge in [-0.3, -0.25) is 9.59 Å². The van der Waals surface area contributed by atoms with E-state index in [0.29, 0.717) is 28.1 Å². The van der Waals surface area contributed by atoms with Crippen LogP contribution in [-0.2, 0) is 0 Å². The fourth-order valence-corrected chi connectivity index (χ4v) is 2.87. The van der Waals surface area contributed by atoms with E-state index in [1.165, 1.54) is 0 Å². The highest BCUT2D eigenvalue weighted by atomic mass is 16.5. The lowest BCUT2D eigenvalue weighted by atomic mass is 9.95. The third kappa shape index (κ3) is 4.69. The summed E-state index contributed by atoms with van der Waals surface area (Å²) in [7, 11) is 0. The van der Waals surface area contributed by atoms with Gasteiger partial charge in [-0.05, 0) is 61.4 Å². The van der Waals surface area contributed by atoms with Gasteiger partial charge in [0, 0.05) is 16.8 Å². The normalized spacial score (nSPS) is 10.1. The number of nitriles is 1. The molecule has 144 valence electrons. The molecule has 1 amide bonds. The maximum absolute atomic E-state index is 13.0. The molecule has 0 atom stereocenters. The molecule has 3 aromatic rings. The van der Waals surface area contributed by atoms with Crippen LogP contribution in [0.5, 0.6) is 5.75 Å². The van der Waals surface area contributed by atoms with E-state index in [-0.39, 0.29) is 18.3 Å². The van der Waals surface area contributed by atoms with Crippen LogP contribution in [0, 0.1) is 25.2 Å². The van der Waals surface area contributed by atoms with Gasteiger partial charge in [0.1, 0.15) is 11.8 Å². The molecule has 0 fully saturated rings. The number of aryl methyl sites for hydroxylation is 2. The van der Waals surface area contributed by atoms with Crippen LogP contribution in [0.2, 0.25) is 0 Å². The zero-order valence-electron chi connectivity index (χ0n) is 16.2. The van der Waals surface area contributed by atoms with Crippen LogP contribution in [-0.4, -0.2) is 18.3 Å². The molecule has 0 saturated carbocycles. The average molecular weight is 384 g/mol. The number of nitrogens with zero attached hydrogens (tertiary/aromatic N) is 1. The molecule has 0 saturated heterocycles. The summed E-state index contributed by atoms with van der Waals surface area (Å²) in [6.45, 7) is 3.90. The van der Waals surface area contributed by atoms with Crippen molar-refractivity contribution in [1.82, 2.24) is 0 Å². The van der Waals surface area contributed by atoms with E-state index >= 15 is 0 Å². The largest absolute Gasteiger partial charge is 0.479 e. The van der Waals surface area contributed by atoms with E-state index in [2.05, 4.69) is 5.32 Å². The van der Waals surface area contributed by atoms with Crippen LogP contribution in [0.25, 0.3) is 0 Å². The van der Waals surface area contributed by atoms with Gasteiger partial charge in [-0.15, -0.1) is 0 Å². The second-order valence-electron chi connectivity index (χ2n) is 6.60. The Labute approximate surface area is 169 Å². The fraction of sp³-hybridized carbons (Fsp3) is 0.125. The van der Waals surface area contributed by atoms with Crippen molar-refractivity contribution in [2.45, 2.75) is 13.8 Å². The summed E-state index contributed by atoms with van der Waals surface area (Å²) in [5, 5.41) is 11.3. The monoisotopic (exact) mass is 384 g/mol. The first-order valence-corrected chi connectivity index (χ1v) is 9.11. The van der Waals surface area contributed by atoms with Gasteiger partial charge in [-0.25, -0.2) is 0 Å².